The second-order valence-corrected chi connectivity index (χ2v) is 4.24. The van der Waals surface area contributed by atoms with Crippen molar-refractivity contribution in [2.45, 2.75) is 13.2 Å². The molecule has 4 nitrogen and oxygen atoms in total. The molecule has 2 aromatic carbocycles. The number of hydrogen-bond acceptors (Lipinski definition) is 4. The van der Waals surface area contributed by atoms with Crippen LogP contribution in [0.1, 0.15) is 16.7 Å². The number of nitriles is 1. The van der Waals surface area contributed by atoms with E-state index in [0.29, 0.717) is 23.7 Å². The molecule has 0 fully saturated rings. The Bertz CT molecular complexity index is 615. The first kappa shape index (κ1) is 13.9. The van der Waals surface area contributed by atoms with Gasteiger partial charge in [0.2, 0.25) is 0 Å². The molecule has 0 spiro atoms. The molecule has 1 N–H and O–H groups in total. The third-order valence-electron chi connectivity index (χ3n) is 2.89. The SMILES string of the molecule is COc1cc(C#N)ccc1OCc1ccc(CO)cc1. The van der Waals surface area contributed by atoms with Crippen molar-refractivity contribution in [1.82, 2.24) is 0 Å². The first-order chi connectivity index (χ1) is 9.76. The Morgan fingerprint density at radius 2 is 1.75 bits per heavy atom. The number of rotatable bonds is 5. The monoisotopic (exact) mass is 269 g/mol. The fourth-order valence-electron chi connectivity index (χ4n) is 1.76. The van der Waals surface area contributed by atoms with Crippen molar-refractivity contribution in [1.29, 1.82) is 5.26 Å². The normalized spacial score (nSPS) is 9.85. The third kappa shape index (κ3) is 3.28. The lowest BCUT2D eigenvalue weighted by molar-refractivity contribution is 0.279. The summed E-state index contributed by atoms with van der Waals surface area (Å²) in [5.41, 5.74) is 2.39. The lowest BCUT2D eigenvalue weighted by Gasteiger charge is -2.11. The van der Waals surface area contributed by atoms with Crippen molar-refractivity contribution in [3.05, 3.63) is 59.2 Å². The van der Waals surface area contributed by atoms with Gasteiger partial charge in [0.15, 0.2) is 11.5 Å². The molecule has 0 amide bonds. The first-order valence-corrected chi connectivity index (χ1v) is 6.16. The molecular formula is C16H15NO3. The fourth-order valence-corrected chi connectivity index (χ4v) is 1.76. The van der Waals surface area contributed by atoms with Gasteiger partial charge in [-0.2, -0.15) is 5.26 Å². The number of methoxy groups -OCH3 is 1. The molecule has 4 heteroatoms. The molecule has 0 heterocycles. The van der Waals surface area contributed by atoms with E-state index in [4.69, 9.17) is 19.8 Å². The van der Waals surface area contributed by atoms with Crippen molar-refractivity contribution in [3.8, 4) is 17.6 Å². The summed E-state index contributed by atoms with van der Waals surface area (Å²) in [6, 6.07) is 14.6. The zero-order chi connectivity index (χ0) is 14.4. The number of ether oxygens (including phenoxy) is 2. The van der Waals surface area contributed by atoms with Gasteiger partial charge in [-0.15, -0.1) is 0 Å². The quantitative estimate of drug-likeness (QED) is 0.906. The minimum absolute atomic E-state index is 0.0323. The minimum Gasteiger partial charge on any atom is -0.493 e. The highest BCUT2D eigenvalue weighted by molar-refractivity contribution is 5.46. The van der Waals surface area contributed by atoms with Crippen LogP contribution >= 0.6 is 0 Å². The number of hydrogen-bond donors (Lipinski definition) is 1. The molecule has 0 bridgehead atoms. The highest BCUT2D eigenvalue weighted by Crippen LogP contribution is 2.28. The summed E-state index contributed by atoms with van der Waals surface area (Å²) in [5, 5.41) is 17.8. The lowest BCUT2D eigenvalue weighted by Crippen LogP contribution is -1.98. The van der Waals surface area contributed by atoms with Crippen LogP contribution in [0.5, 0.6) is 11.5 Å². The van der Waals surface area contributed by atoms with Crippen molar-refractivity contribution in [2.24, 2.45) is 0 Å². The Morgan fingerprint density at radius 1 is 1.05 bits per heavy atom. The zero-order valence-corrected chi connectivity index (χ0v) is 11.2. The van der Waals surface area contributed by atoms with E-state index < -0.39 is 0 Å². The molecule has 0 aliphatic heterocycles. The summed E-state index contributed by atoms with van der Waals surface area (Å²) in [4.78, 5) is 0. The van der Waals surface area contributed by atoms with Gasteiger partial charge in [0.1, 0.15) is 6.61 Å². The van der Waals surface area contributed by atoms with Gasteiger partial charge in [-0.05, 0) is 23.3 Å². The highest BCUT2D eigenvalue weighted by atomic mass is 16.5. The largest absolute Gasteiger partial charge is 0.493 e. The molecule has 0 saturated carbocycles. The van der Waals surface area contributed by atoms with Gasteiger partial charge >= 0.3 is 0 Å². The van der Waals surface area contributed by atoms with Crippen molar-refractivity contribution in [2.75, 3.05) is 7.11 Å². The van der Waals surface area contributed by atoms with E-state index in [9.17, 15) is 0 Å². The van der Waals surface area contributed by atoms with Gasteiger partial charge in [-0.25, -0.2) is 0 Å². The maximum atomic E-state index is 8.98. The molecular weight excluding hydrogens is 254 g/mol. The molecule has 0 radical (unpaired) electrons. The molecule has 0 atom stereocenters. The summed E-state index contributed by atoms with van der Waals surface area (Å²) < 4.78 is 10.9. The van der Waals surface area contributed by atoms with E-state index in [1.165, 1.54) is 0 Å². The van der Waals surface area contributed by atoms with Gasteiger partial charge < -0.3 is 14.6 Å². The topological polar surface area (TPSA) is 62.5 Å². The molecule has 102 valence electrons. The molecule has 0 aromatic heterocycles. The fraction of sp³-hybridized carbons (Fsp3) is 0.188. The van der Waals surface area contributed by atoms with Gasteiger partial charge in [-0.3, -0.25) is 0 Å². The average Bonchev–Trinajstić information content (AvgIpc) is 2.53. The molecule has 0 saturated heterocycles. The molecule has 20 heavy (non-hydrogen) atoms. The van der Waals surface area contributed by atoms with Crippen LogP contribution in [0.4, 0.5) is 0 Å². The second kappa shape index (κ2) is 6.60. The van der Waals surface area contributed by atoms with Crippen molar-refractivity contribution >= 4 is 0 Å². The Kier molecular flexibility index (Phi) is 4.59. The van der Waals surface area contributed by atoms with E-state index >= 15 is 0 Å². The average molecular weight is 269 g/mol. The predicted molar refractivity (Wildman–Crippen MR) is 74.4 cm³/mol. The van der Waals surface area contributed by atoms with Crippen LogP contribution in [0.3, 0.4) is 0 Å². The van der Waals surface area contributed by atoms with Crippen LogP contribution in [0.15, 0.2) is 42.5 Å². The number of benzene rings is 2. The minimum atomic E-state index is 0.0323. The van der Waals surface area contributed by atoms with Crippen LogP contribution < -0.4 is 9.47 Å². The van der Waals surface area contributed by atoms with E-state index in [1.807, 2.05) is 24.3 Å². The summed E-state index contributed by atoms with van der Waals surface area (Å²) in [7, 11) is 1.54. The maximum absolute atomic E-state index is 8.98. The molecule has 0 aliphatic rings. The standard InChI is InChI=1S/C16H15NO3/c1-19-16-8-14(9-17)6-7-15(16)20-11-13-4-2-12(10-18)3-5-13/h2-8,18H,10-11H2,1H3. The number of nitrogens with zero attached hydrogens (tertiary/aromatic N) is 1. The van der Waals surface area contributed by atoms with Crippen LogP contribution in [0.2, 0.25) is 0 Å². The number of aliphatic hydroxyl groups excluding tert-OH is 1. The van der Waals surface area contributed by atoms with E-state index in [-0.39, 0.29) is 6.61 Å². The van der Waals surface area contributed by atoms with Gasteiger partial charge in [0.25, 0.3) is 0 Å². The third-order valence-corrected chi connectivity index (χ3v) is 2.89. The molecule has 0 aliphatic carbocycles. The van der Waals surface area contributed by atoms with Gasteiger partial charge in [0, 0.05) is 6.07 Å². The van der Waals surface area contributed by atoms with Gasteiger partial charge in [0.05, 0.1) is 25.3 Å². The first-order valence-electron chi connectivity index (χ1n) is 6.16. The molecule has 0 unspecified atom stereocenters. The van der Waals surface area contributed by atoms with Crippen LogP contribution in [0, 0.1) is 11.3 Å². The zero-order valence-electron chi connectivity index (χ0n) is 11.2. The maximum Gasteiger partial charge on any atom is 0.162 e. The Balaban J connectivity index is 2.08. The van der Waals surface area contributed by atoms with E-state index in [2.05, 4.69) is 6.07 Å². The summed E-state index contributed by atoms with van der Waals surface area (Å²) in [6.07, 6.45) is 0. The summed E-state index contributed by atoms with van der Waals surface area (Å²) in [6.45, 7) is 0.429. The second-order valence-electron chi connectivity index (χ2n) is 4.24. The Morgan fingerprint density at radius 3 is 2.35 bits per heavy atom. The lowest BCUT2D eigenvalue weighted by atomic mass is 10.1. The number of aliphatic hydroxyl groups is 1. The predicted octanol–water partition coefficient (Wildman–Crippen LogP) is 2.64. The smallest absolute Gasteiger partial charge is 0.162 e. The van der Waals surface area contributed by atoms with E-state index in [0.717, 1.165) is 11.1 Å². The summed E-state index contributed by atoms with van der Waals surface area (Å²) in [5.74, 6) is 1.13. The molecule has 2 aromatic rings. The van der Waals surface area contributed by atoms with E-state index in [1.54, 1.807) is 25.3 Å². The summed E-state index contributed by atoms with van der Waals surface area (Å²) >= 11 is 0. The van der Waals surface area contributed by atoms with Crippen LogP contribution in [-0.2, 0) is 13.2 Å². The van der Waals surface area contributed by atoms with Crippen molar-refractivity contribution < 1.29 is 14.6 Å². The Hall–Kier alpha value is -2.51. The van der Waals surface area contributed by atoms with Crippen LogP contribution in [0.25, 0.3) is 0 Å². The van der Waals surface area contributed by atoms with Crippen LogP contribution in [-0.4, -0.2) is 12.2 Å². The highest BCUT2D eigenvalue weighted by Gasteiger charge is 2.06. The molecule has 2 rings (SSSR count). The Labute approximate surface area is 117 Å². The van der Waals surface area contributed by atoms with Crippen molar-refractivity contribution in [3.63, 3.8) is 0 Å². The van der Waals surface area contributed by atoms with Gasteiger partial charge in [-0.1, -0.05) is 24.3 Å².